The average Bonchev–Trinajstić information content (AvgIpc) is 3.16. The Morgan fingerprint density at radius 1 is 1.13 bits per heavy atom. The van der Waals surface area contributed by atoms with Crippen molar-refractivity contribution in [1.82, 2.24) is 15.5 Å². The van der Waals surface area contributed by atoms with E-state index >= 15 is 0 Å². The second kappa shape index (κ2) is 10.2. The summed E-state index contributed by atoms with van der Waals surface area (Å²) in [6.07, 6.45) is 0.232. The Kier molecular flexibility index (Phi) is 7.42. The van der Waals surface area contributed by atoms with Gasteiger partial charge in [0.05, 0.1) is 5.75 Å². The van der Waals surface area contributed by atoms with E-state index in [1.54, 1.807) is 0 Å². The van der Waals surface area contributed by atoms with Gasteiger partial charge in [0, 0.05) is 12.1 Å². The molecule has 1 heterocycles. The third-order valence-electron chi connectivity index (χ3n) is 4.27. The quantitative estimate of drug-likeness (QED) is 0.433. The minimum absolute atomic E-state index is 0.0662. The third-order valence-corrected chi connectivity index (χ3v) is 6.24. The summed E-state index contributed by atoms with van der Waals surface area (Å²) in [7, 11) is 0. The molecular formula is C21H22N4O3S2. The number of carbonyl (C=O) groups is 2. The lowest BCUT2D eigenvalue weighted by atomic mass is 10.1. The fourth-order valence-corrected chi connectivity index (χ4v) is 4.38. The highest BCUT2D eigenvalue weighted by Crippen LogP contribution is 2.28. The molecule has 156 valence electrons. The van der Waals surface area contributed by atoms with Crippen LogP contribution in [0.1, 0.15) is 16.7 Å². The van der Waals surface area contributed by atoms with E-state index in [9.17, 15) is 14.7 Å². The molecule has 0 bridgehead atoms. The first kappa shape index (κ1) is 21.8. The van der Waals surface area contributed by atoms with E-state index in [-0.39, 0.29) is 18.1 Å². The molecule has 1 amide bonds. The van der Waals surface area contributed by atoms with E-state index in [0.29, 0.717) is 9.47 Å². The number of nitrogens with one attached hydrogen (secondary N) is 2. The van der Waals surface area contributed by atoms with E-state index in [2.05, 4.69) is 26.9 Å². The number of amides is 1. The number of aryl methyl sites for hydroxylation is 2. The van der Waals surface area contributed by atoms with Crippen molar-refractivity contribution in [3.63, 3.8) is 0 Å². The predicted octanol–water partition coefficient (Wildman–Crippen LogP) is 3.80. The van der Waals surface area contributed by atoms with E-state index < -0.39 is 12.0 Å². The number of carbonyl (C=O) groups excluding carboxylic acids is 1. The van der Waals surface area contributed by atoms with Crippen LogP contribution in [0.15, 0.2) is 52.9 Å². The van der Waals surface area contributed by atoms with Crippen molar-refractivity contribution in [3.05, 3.63) is 65.2 Å². The fourth-order valence-electron chi connectivity index (χ4n) is 2.80. The Bertz CT molecular complexity index is 1020. The summed E-state index contributed by atoms with van der Waals surface area (Å²) < 4.78 is 0.632. The van der Waals surface area contributed by atoms with Gasteiger partial charge in [0.2, 0.25) is 11.0 Å². The Hall–Kier alpha value is -2.91. The first-order valence-electron chi connectivity index (χ1n) is 9.27. The van der Waals surface area contributed by atoms with E-state index in [0.717, 1.165) is 16.8 Å². The van der Waals surface area contributed by atoms with Crippen LogP contribution in [0, 0.1) is 13.8 Å². The van der Waals surface area contributed by atoms with Crippen LogP contribution in [-0.2, 0) is 16.0 Å². The number of carboxylic acids is 1. The molecule has 0 saturated heterocycles. The Labute approximate surface area is 182 Å². The van der Waals surface area contributed by atoms with Crippen LogP contribution in [-0.4, -0.2) is 39.0 Å². The Balaban J connectivity index is 1.52. The molecule has 0 fully saturated rings. The van der Waals surface area contributed by atoms with Crippen LogP contribution in [0.3, 0.4) is 0 Å². The number of hydrogen-bond donors (Lipinski definition) is 3. The third kappa shape index (κ3) is 6.30. The standard InChI is InChI=1S/C21H22N4O3S2/c1-13-8-9-16(14(2)10-13)23-20-24-25-21(30-20)29-12-18(26)22-17(19(27)28)11-15-6-4-3-5-7-15/h3-10,17H,11-12H2,1-2H3,(H,22,26)(H,23,24)(H,27,28). The SMILES string of the molecule is Cc1ccc(Nc2nnc(SCC(=O)NC(Cc3ccccc3)C(=O)O)s2)c(C)c1. The van der Waals surface area contributed by atoms with Crippen LogP contribution < -0.4 is 10.6 Å². The number of anilines is 2. The molecule has 3 rings (SSSR count). The van der Waals surface area contributed by atoms with Crippen molar-refractivity contribution >= 4 is 45.8 Å². The summed E-state index contributed by atoms with van der Waals surface area (Å²) in [6, 6.07) is 14.3. The number of nitrogens with zero attached hydrogens (tertiary/aromatic N) is 2. The normalized spacial score (nSPS) is 11.7. The van der Waals surface area contributed by atoms with Gasteiger partial charge >= 0.3 is 5.97 Å². The maximum absolute atomic E-state index is 12.2. The van der Waals surface area contributed by atoms with Gasteiger partial charge in [-0.05, 0) is 31.0 Å². The molecule has 1 atom stereocenters. The van der Waals surface area contributed by atoms with Gasteiger partial charge in [-0.15, -0.1) is 10.2 Å². The van der Waals surface area contributed by atoms with Crippen molar-refractivity contribution in [1.29, 1.82) is 0 Å². The monoisotopic (exact) mass is 442 g/mol. The van der Waals surface area contributed by atoms with Gasteiger partial charge in [0.25, 0.3) is 0 Å². The molecule has 0 aliphatic carbocycles. The Morgan fingerprint density at radius 2 is 1.90 bits per heavy atom. The number of rotatable bonds is 9. The zero-order valence-corrected chi connectivity index (χ0v) is 18.2. The molecule has 3 N–H and O–H groups in total. The first-order valence-corrected chi connectivity index (χ1v) is 11.1. The van der Waals surface area contributed by atoms with Gasteiger partial charge in [0.1, 0.15) is 6.04 Å². The number of thioether (sulfide) groups is 1. The van der Waals surface area contributed by atoms with Crippen LogP contribution in [0.5, 0.6) is 0 Å². The maximum atomic E-state index is 12.2. The molecule has 0 radical (unpaired) electrons. The molecule has 9 heteroatoms. The molecule has 30 heavy (non-hydrogen) atoms. The summed E-state index contributed by atoms with van der Waals surface area (Å²) >= 11 is 2.57. The number of benzene rings is 2. The van der Waals surface area contributed by atoms with Crippen molar-refractivity contribution in [3.8, 4) is 0 Å². The number of aliphatic carboxylic acids is 1. The number of hydrogen-bond acceptors (Lipinski definition) is 7. The highest BCUT2D eigenvalue weighted by atomic mass is 32.2. The molecule has 7 nitrogen and oxygen atoms in total. The summed E-state index contributed by atoms with van der Waals surface area (Å²) in [5, 5.41) is 24.0. The Morgan fingerprint density at radius 3 is 2.60 bits per heavy atom. The summed E-state index contributed by atoms with van der Waals surface area (Å²) in [5.74, 6) is -1.35. The largest absolute Gasteiger partial charge is 0.480 e. The van der Waals surface area contributed by atoms with E-state index in [1.807, 2.05) is 56.3 Å². The molecule has 1 aromatic heterocycles. The second-order valence-corrected chi connectivity index (χ2v) is 8.95. The molecule has 3 aromatic rings. The molecule has 0 aliphatic rings. The fraction of sp³-hybridized carbons (Fsp3) is 0.238. The van der Waals surface area contributed by atoms with Crippen LogP contribution >= 0.6 is 23.1 Å². The minimum Gasteiger partial charge on any atom is -0.480 e. The van der Waals surface area contributed by atoms with Gasteiger partial charge in [-0.25, -0.2) is 4.79 Å². The zero-order chi connectivity index (χ0) is 21.5. The minimum atomic E-state index is -1.06. The lowest BCUT2D eigenvalue weighted by Gasteiger charge is -2.14. The summed E-state index contributed by atoms with van der Waals surface area (Å²) in [5.41, 5.74) is 4.10. The van der Waals surface area contributed by atoms with Crippen LogP contribution in [0.2, 0.25) is 0 Å². The van der Waals surface area contributed by atoms with Gasteiger partial charge in [-0.1, -0.05) is 71.1 Å². The maximum Gasteiger partial charge on any atom is 0.326 e. The van der Waals surface area contributed by atoms with Gasteiger partial charge < -0.3 is 15.7 Å². The number of aromatic nitrogens is 2. The zero-order valence-electron chi connectivity index (χ0n) is 16.6. The van der Waals surface area contributed by atoms with E-state index in [1.165, 1.54) is 28.7 Å². The van der Waals surface area contributed by atoms with Crippen LogP contribution in [0.4, 0.5) is 10.8 Å². The molecule has 2 aromatic carbocycles. The topological polar surface area (TPSA) is 104 Å². The average molecular weight is 443 g/mol. The molecule has 0 spiro atoms. The van der Waals surface area contributed by atoms with Gasteiger partial charge in [0.15, 0.2) is 4.34 Å². The highest BCUT2D eigenvalue weighted by molar-refractivity contribution is 8.01. The van der Waals surface area contributed by atoms with Gasteiger partial charge in [-0.3, -0.25) is 4.79 Å². The molecule has 1 unspecified atom stereocenters. The van der Waals surface area contributed by atoms with Crippen molar-refractivity contribution < 1.29 is 14.7 Å². The summed E-state index contributed by atoms with van der Waals surface area (Å²) in [6.45, 7) is 4.06. The molecular weight excluding hydrogens is 420 g/mol. The number of carboxylic acid groups (broad SMARTS) is 1. The smallest absolute Gasteiger partial charge is 0.326 e. The first-order chi connectivity index (χ1) is 14.4. The molecule has 0 aliphatic heterocycles. The van der Waals surface area contributed by atoms with Crippen molar-refractivity contribution in [2.24, 2.45) is 0 Å². The second-order valence-electron chi connectivity index (χ2n) is 6.75. The highest BCUT2D eigenvalue weighted by Gasteiger charge is 2.20. The van der Waals surface area contributed by atoms with Gasteiger partial charge in [-0.2, -0.15) is 0 Å². The summed E-state index contributed by atoms with van der Waals surface area (Å²) in [4.78, 5) is 23.7. The lowest BCUT2D eigenvalue weighted by Crippen LogP contribution is -2.43. The van der Waals surface area contributed by atoms with Crippen molar-refractivity contribution in [2.75, 3.05) is 11.1 Å². The lowest BCUT2D eigenvalue weighted by molar-refractivity contribution is -0.141. The predicted molar refractivity (Wildman–Crippen MR) is 120 cm³/mol. The van der Waals surface area contributed by atoms with Crippen LogP contribution in [0.25, 0.3) is 0 Å². The van der Waals surface area contributed by atoms with Crippen molar-refractivity contribution in [2.45, 2.75) is 30.6 Å². The van der Waals surface area contributed by atoms with E-state index in [4.69, 9.17) is 0 Å². The molecule has 0 saturated carbocycles.